The Kier molecular flexibility index (Phi) is 6.67. The maximum absolute atomic E-state index is 13.5. The number of methoxy groups -OCH3 is 1. The summed E-state index contributed by atoms with van der Waals surface area (Å²) in [7, 11) is 1.64. The van der Waals surface area contributed by atoms with E-state index in [9.17, 15) is 4.79 Å². The summed E-state index contributed by atoms with van der Waals surface area (Å²) in [5.41, 5.74) is 3.61. The van der Waals surface area contributed by atoms with Crippen LogP contribution in [0.4, 0.5) is 5.69 Å². The van der Waals surface area contributed by atoms with Gasteiger partial charge >= 0.3 is 5.97 Å². The predicted octanol–water partition coefficient (Wildman–Crippen LogP) is 6.17. The number of cyclic esters (lactones) is 1. The molecule has 1 aliphatic heterocycles. The number of aromatic nitrogens is 3. The Balaban J connectivity index is 1.70. The molecule has 6 rings (SSSR count). The van der Waals surface area contributed by atoms with Crippen LogP contribution in [0.1, 0.15) is 48.1 Å². The minimum absolute atomic E-state index is 0.281. The number of anilines is 1. The second-order valence-corrected chi connectivity index (χ2v) is 10.2. The van der Waals surface area contributed by atoms with E-state index >= 15 is 0 Å². The average Bonchev–Trinajstić information content (AvgIpc) is 3.67. The van der Waals surface area contributed by atoms with E-state index in [-0.39, 0.29) is 5.69 Å². The van der Waals surface area contributed by atoms with E-state index < -0.39 is 11.6 Å². The first-order valence-electron chi connectivity index (χ1n) is 13.4. The van der Waals surface area contributed by atoms with Crippen molar-refractivity contribution in [2.45, 2.75) is 26.4 Å². The van der Waals surface area contributed by atoms with Gasteiger partial charge in [-0.05, 0) is 63.2 Å². The number of hydrogen-bond acceptors (Lipinski definition) is 8. The number of benzene rings is 2. The predicted molar refractivity (Wildman–Crippen MR) is 156 cm³/mol. The van der Waals surface area contributed by atoms with E-state index in [0.29, 0.717) is 34.9 Å². The molecule has 40 heavy (non-hydrogen) atoms. The molecule has 1 atom stereocenters. The van der Waals surface area contributed by atoms with E-state index in [1.807, 2.05) is 71.4 Å². The summed E-state index contributed by atoms with van der Waals surface area (Å²) < 4.78 is 20.2. The van der Waals surface area contributed by atoms with Crippen molar-refractivity contribution < 1.29 is 19.0 Å². The Morgan fingerprint density at radius 2 is 1.82 bits per heavy atom. The Labute approximate surface area is 236 Å². The van der Waals surface area contributed by atoms with Crippen molar-refractivity contribution in [1.82, 2.24) is 14.4 Å². The van der Waals surface area contributed by atoms with Crippen LogP contribution < -0.4 is 14.4 Å². The maximum atomic E-state index is 13.5. The summed E-state index contributed by atoms with van der Waals surface area (Å²) in [6.07, 6.45) is 3.58. The molecule has 5 aromatic rings. The lowest BCUT2D eigenvalue weighted by Gasteiger charge is -2.32. The molecule has 0 fully saturated rings. The number of ether oxygens (including phenoxy) is 3. The Hall–Kier alpha value is -4.37. The third-order valence-corrected chi connectivity index (χ3v) is 8.11. The third kappa shape index (κ3) is 3.92. The number of imidazole rings is 1. The zero-order valence-corrected chi connectivity index (χ0v) is 23.7. The number of carbonyl (C=O) groups excluding carboxylic acids is 1. The molecule has 2 aromatic carbocycles. The van der Waals surface area contributed by atoms with Gasteiger partial charge in [0.25, 0.3) is 0 Å². The van der Waals surface area contributed by atoms with Gasteiger partial charge in [-0.15, -0.1) is 11.3 Å². The van der Waals surface area contributed by atoms with Gasteiger partial charge in [-0.2, -0.15) is 0 Å². The molecular weight excluding hydrogens is 524 g/mol. The molecule has 4 heterocycles. The molecule has 0 spiro atoms. The summed E-state index contributed by atoms with van der Waals surface area (Å²) in [5.74, 6) is 0.896. The molecule has 9 heteroatoms. The van der Waals surface area contributed by atoms with Crippen molar-refractivity contribution in [1.29, 1.82) is 0 Å². The number of pyridine rings is 1. The third-order valence-electron chi connectivity index (χ3n) is 7.36. The summed E-state index contributed by atoms with van der Waals surface area (Å²) in [6.45, 7) is 8.36. The molecule has 3 aromatic heterocycles. The van der Waals surface area contributed by atoms with Gasteiger partial charge in [-0.1, -0.05) is 6.07 Å². The normalized spacial score (nSPS) is 16.1. The van der Waals surface area contributed by atoms with Gasteiger partial charge in [0.15, 0.2) is 10.7 Å². The molecule has 204 valence electrons. The fourth-order valence-electron chi connectivity index (χ4n) is 5.53. The van der Waals surface area contributed by atoms with Crippen LogP contribution >= 0.6 is 11.3 Å². The first kappa shape index (κ1) is 25.9. The number of carbonyl (C=O) groups is 1. The van der Waals surface area contributed by atoms with Gasteiger partial charge in [0.2, 0.25) is 5.60 Å². The smallest absolute Gasteiger partial charge is 0.359 e. The summed E-state index contributed by atoms with van der Waals surface area (Å²) in [5, 5.41) is 1.98. The second-order valence-electron chi connectivity index (χ2n) is 9.35. The van der Waals surface area contributed by atoms with E-state index in [1.165, 1.54) is 11.3 Å². The zero-order valence-electron chi connectivity index (χ0n) is 22.9. The lowest BCUT2D eigenvalue weighted by atomic mass is 9.81. The van der Waals surface area contributed by atoms with Gasteiger partial charge in [0.1, 0.15) is 17.2 Å². The standard InChI is InChI=1S/C31H30N4O4S/c1-5-34(6-2)21-12-15-23(25(19-21)38-7-3)31(24-9-8-16-32-27(24)29(36)39-31)28-26(33-30-35(28)17-18-40-30)20-10-13-22(37-4)14-11-20/h8-19H,5-7H2,1-4H3. The van der Waals surface area contributed by atoms with Crippen LogP contribution in [0.5, 0.6) is 11.5 Å². The zero-order chi connectivity index (χ0) is 27.9. The number of fused-ring (bicyclic) bond motifs is 2. The number of esters is 1. The molecule has 0 amide bonds. The van der Waals surface area contributed by atoms with Crippen molar-refractivity contribution in [2.75, 3.05) is 31.7 Å². The van der Waals surface area contributed by atoms with E-state index in [0.717, 1.165) is 35.1 Å². The topological polar surface area (TPSA) is 78.2 Å². The molecule has 0 saturated heterocycles. The first-order chi connectivity index (χ1) is 19.5. The Morgan fingerprint density at radius 3 is 2.55 bits per heavy atom. The first-order valence-corrected chi connectivity index (χ1v) is 14.2. The van der Waals surface area contributed by atoms with Gasteiger partial charge in [-0.25, -0.2) is 14.8 Å². The monoisotopic (exact) mass is 554 g/mol. The van der Waals surface area contributed by atoms with Crippen LogP contribution in [0, 0.1) is 0 Å². The fraction of sp³-hybridized carbons (Fsp3) is 0.258. The largest absolute Gasteiger partial charge is 0.497 e. The average molecular weight is 555 g/mol. The van der Waals surface area contributed by atoms with Crippen LogP contribution in [0.15, 0.2) is 72.4 Å². The SMILES string of the molecule is CCOc1cc(N(CC)CC)ccc1C1(c2c(-c3ccc(OC)cc3)nc3sccn23)OC(=O)c2ncccc21. The molecule has 1 unspecified atom stereocenters. The highest BCUT2D eigenvalue weighted by molar-refractivity contribution is 7.15. The fourth-order valence-corrected chi connectivity index (χ4v) is 6.25. The highest BCUT2D eigenvalue weighted by Gasteiger charge is 2.54. The van der Waals surface area contributed by atoms with Gasteiger partial charge < -0.3 is 19.1 Å². The van der Waals surface area contributed by atoms with E-state index in [1.54, 1.807) is 13.3 Å². The number of thiazole rings is 1. The molecule has 0 bridgehead atoms. The number of rotatable bonds is 9. The Morgan fingerprint density at radius 1 is 1.02 bits per heavy atom. The van der Waals surface area contributed by atoms with Crippen molar-refractivity contribution in [2.24, 2.45) is 0 Å². The van der Waals surface area contributed by atoms with E-state index in [4.69, 9.17) is 19.2 Å². The molecule has 1 aliphatic rings. The molecule has 8 nitrogen and oxygen atoms in total. The van der Waals surface area contributed by atoms with Gasteiger partial charge in [-0.3, -0.25) is 4.40 Å². The van der Waals surface area contributed by atoms with Crippen LogP contribution in [0.25, 0.3) is 16.2 Å². The lowest BCUT2D eigenvalue weighted by molar-refractivity contribution is 0.0228. The van der Waals surface area contributed by atoms with Crippen molar-refractivity contribution >= 4 is 28.0 Å². The van der Waals surface area contributed by atoms with Crippen LogP contribution in [0.2, 0.25) is 0 Å². The quantitative estimate of drug-likeness (QED) is 0.202. The van der Waals surface area contributed by atoms with E-state index in [2.05, 4.69) is 29.8 Å². The summed E-state index contributed by atoms with van der Waals surface area (Å²) in [6, 6.07) is 17.6. The number of nitrogens with zero attached hydrogens (tertiary/aromatic N) is 4. The highest BCUT2D eigenvalue weighted by atomic mass is 32.1. The minimum Gasteiger partial charge on any atom is -0.497 e. The lowest BCUT2D eigenvalue weighted by Crippen LogP contribution is -2.32. The van der Waals surface area contributed by atoms with Gasteiger partial charge in [0, 0.05) is 59.3 Å². The second kappa shape index (κ2) is 10.3. The van der Waals surface area contributed by atoms with Crippen LogP contribution in [0.3, 0.4) is 0 Å². The highest BCUT2D eigenvalue weighted by Crippen LogP contribution is 2.52. The number of hydrogen-bond donors (Lipinski definition) is 0. The minimum atomic E-state index is -1.36. The summed E-state index contributed by atoms with van der Waals surface area (Å²) >= 11 is 1.52. The summed E-state index contributed by atoms with van der Waals surface area (Å²) in [4.78, 5) is 26.0. The molecule has 0 radical (unpaired) electrons. The van der Waals surface area contributed by atoms with Crippen LogP contribution in [-0.2, 0) is 10.3 Å². The molecule has 0 aliphatic carbocycles. The molecule has 0 saturated carbocycles. The Bertz CT molecular complexity index is 1690. The maximum Gasteiger partial charge on any atom is 0.359 e. The van der Waals surface area contributed by atoms with Crippen molar-refractivity contribution in [3.05, 3.63) is 94.9 Å². The van der Waals surface area contributed by atoms with Crippen LogP contribution in [-0.4, -0.2) is 47.1 Å². The van der Waals surface area contributed by atoms with Crippen molar-refractivity contribution in [3.8, 4) is 22.8 Å². The van der Waals surface area contributed by atoms with Crippen molar-refractivity contribution in [3.63, 3.8) is 0 Å². The molecule has 0 N–H and O–H groups in total. The molecular formula is C31H30N4O4S. The van der Waals surface area contributed by atoms with Gasteiger partial charge in [0.05, 0.1) is 19.4 Å².